The van der Waals surface area contributed by atoms with Crippen LogP contribution in [-0.2, 0) is 11.8 Å². The zero-order valence-electron chi connectivity index (χ0n) is 19.9. The summed E-state index contributed by atoms with van der Waals surface area (Å²) in [5.41, 5.74) is -1.00. The van der Waals surface area contributed by atoms with E-state index in [0.29, 0.717) is 27.1 Å². The quantitative estimate of drug-likeness (QED) is 0.265. The molecule has 0 amide bonds. The molecule has 1 N–H and O–H groups in total. The third-order valence-electron chi connectivity index (χ3n) is 6.40. The molecule has 0 fully saturated rings. The van der Waals surface area contributed by atoms with Crippen LogP contribution in [-0.4, -0.2) is 15.1 Å². The zero-order valence-corrected chi connectivity index (χ0v) is 20.7. The van der Waals surface area contributed by atoms with E-state index in [0.717, 1.165) is 18.3 Å². The van der Waals surface area contributed by atoms with Crippen LogP contribution in [0.5, 0.6) is 0 Å². The van der Waals surface area contributed by atoms with Crippen LogP contribution in [0.25, 0.3) is 22.0 Å². The molecule has 1 unspecified atom stereocenters. The van der Waals surface area contributed by atoms with Crippen LogP contribution in [0, 0.1) is 22.7 Å². The maximum Gasteiger partial charge on any atom is 0.433 e. The number of benzene rings is 3. The smallest absolute Gasteiger partial charge is 0.376 e. The number of rotatable bonds is 4. The van der Waals surface area contributed by atoms with E-state index in [9.17, 15) is 28.8 Å². The van der Waals surface area contributed by atoms with Crippen molar-refractivity contribution < 1.29 is 18.3 Å². The van der Waals surface area contributed by atoms with Crippen LogP contribution in [0.4, 0.5) is 13.2 Å². The molecule has 0 aliphatic carbocycles. The number of hydrogen-bond donors (Lipinski definition) is 1. The van der Waals surface area contributed by atoms with Crippen molar-refractivity contribution in [3.63, 3.8) is 0 Å². The van der Waals surface area contributed by atoms with Crippen LogP contribution >= 0.6 is 11.6 Å². The van der Waals surface area contributed by atoms with Crippen LogP contribution in [0.3, 0.4) is 0 Å². The van der Waals surface area contributed by atoms with Gasteiger partial charge in [0.25, 0.3) is 0 Å². The van der Waals surface area contributed by atoms with Crippen molar-refractivity contribution in [3.05, 3.63) is 130 Å². The third-order valence-corrected chi connectivity index (χ3v) is 6.63. The first-order chi connectivity index (χ1) is 18.7. The Bertz CT molecular complexity index is 1790. The Morgan fingerprint density at radius 3 is 2.13 bits per heavy atom. The van der Waals surface area contributed by atoms with Crippen LogP contribution in [0.15, 0.2) is 91.1 Å². The van der Waals surface area contributed by atoms with Crippen LogP contribution in [0.1, 0.15) is 33.6 Å². The minimum absolute atomic E-state index is 0.0560. The minimum Gasteiger partial charge on any atom is -0.376 e. The fraction of sp³-hybridized carbons (Fsp3) is 0.0667. The molecule has 5 rings (SSSR count). The van der Waals surface area contributed by atoms with Gasteiger partial charge in [0.2, 0.25) is 0 Å². The Hall–Kier alpha value is -4.76. The summed E-state index contributed by atoms with van der Waals surface area (Å²) >= 11 is 6.22. The van der Waals surface area contributed by atoms with E-state index in [-0.39, 0.29) is 27.9 Å². The summed E-state index contributed by atoms with van der Waals surface area (Å²) in [7, 11) is 0. The molecule has 0 saturated carbocycles. The average Bonchev–Trinajstić information content (AvgIpc) is 2.95. The lowest BCUT2D eigenvalue weighted by atomic mass is 9.80. The fourth-order valence-corrected chi connectivity index (χ4v) is 4.75. The SMILES string of the molecule is N#Cc1nc2ccc(C(O)(c3ccc(C(F)(F)F)nc3)c3cccc(Cl)c3)cc2c(C#N)c1-c1ccccc1. The lowest BCUT2D eigenvalue weighted by molar-refractivity contribution is -0.141. The second kappa shape index (κ2) is 9.85. The Morgan fingerprint density at radius 1 is 0.795 bits per heavy atom. The predicted octanol–water partition coefficient (Wildman–Crippen LogP) is 7.00. The maximum atomic E-state index is 13.2. The highest BCUT2D eigenvalue weighted by Gasteiger charge is 2.37. The number of alkyl halides is 3. The van der Waals surface area contributed by atoms with Gasteiger partial charge in [0, 0.05) is 27.7 Å². The molecular weight excluding hydrogens is 525 g/mol. The molecule has 5 nitrogen and oxygen atoms in total. The van der Waals surface area contributed by atoms with E-state index >= 15 is 0 Å². The molecule has 0 aliphatic heterocycles. The average molecular weight is 541 g/mol. The molecule has 0 aliphatic rings. The summed E-state index contributed by atoms with van der Waals surface area (Å²) in [5.74, 6) is 0. The van der Waals surface area contributed by atoms with Crippen LogP contribution in [0.2, 0.25) is 5.02 Å². The number of aliphatic hydroxyl groups is 1. The Morgan fingerprint density at radius 2 is 1.51 bits per heavy atom. The van der Waals surface area contributed by atoms with Gasteiger partial charge in [-0.15, -0.1) is 0 Å². The second-order valence-corrected chi connectivity index (χ2v) is 9.12. The summed E-state index contributed by atoms with van der Waals surface area (Å²) in [5, 5.41) is 32.8. The van der Waals surface area contributed by atoms with Gasteiger partial charge < -0.3 is 5.11 Å². The molecule has 39 heavy (non-hydrogen) atoms. The monoisotopic (exact) mass is 540 g/mol. The number of pyridine rings is 2. The van der Waals surface area contributed by atoms with Crippen LogP contribution < -0.4 is 0 Å². The van der Waals surface area contributed by atoms with Crippen molar-refractivity contribution in [3.8, 4) is 23.3 Å². The molecule has 2 heterocycles. The van der Waals surface area contributed by atoms with E-state index < -0.39 is 17.5 Å². The van der Waals surface area contributed by atoms with E-state index in [1.54, 1.807) is 66.7 Å². The van der Waals surface area contributed by atoms with Gasteiger partial charge >= 0.3 is 6.18 Å². The third kappa shape index (κ3) is 4.57. The Kier molecular flexibility index (Phi) is 6.53. The number of hydrogen-bond acceptors (Lipinski definition) is 5. The summed E-state index contributed by atoms with van der Waals surface area (Å²) < 4.78 is 39.6. The highest BCUT2D eigenvalue weighted by molar-refractivity contribution is 6.30. The van der Waals surface area contributed by atoms with Crippen molar-refractivity contribution >= 4 is 22.5 Å². The van der Waals surface area contributed by atoms with E-state index in [4.69, 9.17) is 11.6 Å². The van der Waals surface area contributed by atoms with E-state index in [1.165, 1.54) is 6.07 Å². The number of fused-ring (bicyclic) bond motifs is 1. The van der Waals surface area contributed by atoms with Crippen molar-refractivity contribution in [2.24, 2.45) is 0 Å². The number of nitrogens with zero attached hydrogens (tertiary/aromatic N) is 4. The molecule has 5 aromatic rings. The number of nitriles is 2. The van der Waals surface area contributed by atoms with Gasteiger partial charge in [0.1, 0.15) is 29.1 Å². The number of aromatic nitrogens is 2. The van der Waals surface area contributed by atoms with Gasteiger partial charge in [0.15, 0.2) is 0 Å². The fourth-order valence-electron chi connectivity index (χ4n) is 4.56. The van der Waals surface area contributed by atoms with E-state index in [2.05, 4.69) is 22.1 Å². The molecule has 0 spiro atoms. The maximum absolute atomic E-state index is 13.2. The summed E-state index contributed by atoms with van der Waals surface area (Å²) in [6.45, 7) is 0. The Balaban J connectivity index is 1.81. The van der Waals surface area contributed by atoms with Gasteiger partial charge in [0.05, 0.1) is 11.1 Å². The molecule has 9 heteroatoms. The van der Waals surface area contributed by atoms with Crippen molar-refractivity contribution in [2.45, 2.75) is 11.8 Å². The normalized spacial score (nSPS) is 12.9. The van der Waals surface area contributed by atoms with Crippen molar-refractivity contribution in [1.29, 1.82) is 10.5 Å². The molecule has 190 valence electrons. The molecule has 0 bridgehead atoms. The summed E-state index contributed by atoms with van der Waals surface area (Å²) in [6, 6.07) is 26.0. The topological polar surface area (TPSA) is 93.6 Å². The van der Waals surface area contributed by atoms with Crippen molar-refractivity contribution in [1.82, 2.24) is 9.97 Å². The molecular formula is C30H16ClF3N4O. The summed E-state index contributed by atoms with van der Waals surface area (Å²) in [4.78, 5) is 7.99. The number of halogens is 4. The lowest BCUT2D eigenvalue weighted by Gasteiger charge is -2.30. The first-order valence-electron chi connectivity index (χ1n) is 11.5. The second-order valence-electron chi connectivity index (χ2n) is 8.68. The van der Waals surface area contributed by atoms with E-state index in [1.807, 2.05) is 0 Å². The van der Waals surface area contributed by atoms with Gasteiger partial charge in [-0.05, 0) is 47.0 Å². The molecule has 1 atom stereocenters. The van der Waals surface area contributed by atoms with Gasteiger partial charge in [-0.1, -0.05) is 66.2 Å². The molecule has 3 aromatic carbocycles. The molecule has 0 radical (unpaired) electrons. The summed E-state index contributed by atoms with van der Waals surface area (Å²) in [6.07, 6.45) is -3.69. The Labute approximate surface area is 226 Å². The first kappa shape index (κ1) is 25.9. The van der Waals surface area contributed by atoms with Gasteiger partial charge in [-0.3, -0.25) is 4.98 Å². The van der Waals surface area contributed by atoms with Gasteiger partial charge in [-0.25, -0.2) is 4.98 Å². The molecule has 2 aromatic heterocycles. The largest absolute Gasteiger partial charge is 0.433 e. The zero-order chi connectivity index (χ0) is 27.8. The molecule has 0 saturated heterocycles. The minimum atomic E-state index is -4.66. The highest BCUT2D eigenvalue weighted by Crippen LogP contribution is 2.41. The lowest BCUT2D eigenvalue weighted by Crippen LogP contribution is -2.29. The van der Waals surface area contributed by atoms with Crippen molar-refractivity contribution in [2.75, 3.05) is 0 Å². The van der Waals surface area contributed by atoms with Gasteiger partial charge in [-0.2, -0.15) is 23.7 Å². The highest BCUT2D eigenvalue weighted by atomic mass is 35.5. The first-order valence-corrected chi connectivity index (χ1v) is 11.9. The predicted molar refractivity (Wildman–Crippen MR) is 139 cm³/mol. The standard InChI is InChI=1S/C30H16ClF3N4O/c31-22-8-4-7-19(13-22)29(39,21-10-12-27(37-17-21)30(32,33)34)20-9-11-25-23(14-20)24(15-35)28(26(16-36)38-25)18-5-2-1-3-6-18/h1-14,17,39H.